The minimum atomic E-state index is 1.16. The molecule has 4 heteroatoms. The van der Waals surface area contributed by atoms with Gasteiger partial charge in [0.1, 0.15) is 14.1 Å². The van der Waals surface area contributed by atoms with Gasteiger partial charge in [-0.1, -0.05) is 36.4 Å². The average Bonchev–Trinajstić information content (AvgIpc) is 3.65. The van der Waals surface area contributed by atoms with Crippen LogP contribution in [0.3, 0.4) is 0 Å². The Hall–Kier alpha value is -3.60. The third kappa shape index (κ3) is 4.23. The summed E-state index contributed by atoms with van der Waals surface area (Å²) in [5.74, 6) is 0. The number of pyridine rings is 2. The highest BCUT2D eigenvalue weighted by molar-refractivity contribution is 7.16. The Balaban J connectivity index is 1.33. The minimum Gasteiger partial charge on any atom is -0.207 e. The van der Waals surface area contributed by atoms with Crippen molar-refractivity contribution in [3.63, 3.8) is 0 Å². The second-order valence-corrected chi connectivity index (χ2v) is 13.3. The zero-order valence-electron chi connectivity index (χ0n) is 22.9. The van der Waals surface area contributed by atoms with Crippen molar-refractivity contribution in [1.29, 1.82) is 0 Å². The number of fused-ring (bicyclic) bond motifs is 2. The minimum absolute atomic E-state index is 1.16. The molecule has 0 unspecified atom stereocenters. The van der Waals surface area contributed by atoms with Crippen LogP contribution in [0.1, 0.15) is 40.1 Å². The normalized spacial score (nSPS) is 13.7. The molecule has 0 bridgehead atoms. The van der Waals surface area contributed by atoms with E-state index in [4.69, 9.17) is 0 Å². The van der Waals surface area contributed by atoms with Crippen molar-refractivity contribution in [2.24, 2.45) is 14.1 Å². The molecular formula is C35H32N2S2+2. The summed E-state index contributed by atoms with van der Waals surface area (Å²) in [4.78, 5) is 5.58. The van der Waals surface area contributed by atoms with Gasteiger partial charge in [-0.2, -0.15) is 0 Å². The van der Waals surface area contributed by atoms with Crippen LogP contribution in [0.15, 0.2) is 85.5 Å². The lowest BCUT2D eigenvalue weighted by Gasteiger charge is -2.08. The molecule has 6 aromatic rings. The van der Waals surface area contributed by atoms with Crippen molar-refractivity contribution in [2.75, 3.05) is 0 Å². The number of nitrogens with zero attached hydrogens (tertiary/aromatic N) is 2. The number of thiophene rings is 2. The molecule has 0 saturated carbocycles. The first-order chi connectivity index (χ1) is 19.0. The summed E-state index contributed by atoms with van der Waals surface area (Å²) in [5, 5.41) is 5.22. The number of hydrogen-bond acceptors (Lipinski definition) is 2. The van der Waals surface area contributed by atoms with Gasteiger partial charge in [0.15, 0.2) is 24.8 Å². The Morgan fingerprint density at radius 3 is 1.51 bits per heavy atom. The third-order valence-corrected chi connectivity index (χ3v) is 10.3. The van der Waals surface area contributed by atoms with Crippen molar-refractivity contribution < 1.29 is 9.13 Å². The fourth-order valence-corrected chi connectivity index (χ4v) is 8.40. The molecule has 0 spiro atoms. The van der Waals surface area contributed by atoms with Gasteiger partial charge in [-0.15, -0.1) is 22.7 Å². The molecule has 4 heterocycles. The first kappa shape index (κ1) is 24.4. The fourth-order valence-electron chi connectivity index (χ4n) is 6.23. The van der Waals surface area contributed by atoms with E-state index in [1.807, 2.05) is 22.7 Å². The molecule has 2 nitrogen and oxygen atoms in total. The summed E-state index contributed by atoms with van der Waals surface area (Å²) in [7, 11) is 4.21. The van der Waals surface area contributed by atoms with Crippen LogP contribution in [-0.2, 0) is 14.1 Å². The van der Waals surface area contributed by atoms with E-state index in [1.54, 1.807) is 11.1 Å². The zero-order chi connectivity index (χ0) is 26.7. The Bertz CT molecular complexity index is 1800. The smallest absolute Gasteiger partial charge is 0.177 e. The summed E-state index contributed by atoms with van der Waals surface area (Å²) < 4.78 is 4.30. The summed E-state index contributed by atoms with van der Waals surface area (Å²) in [6, 6.07) is 22.7. The molecule has 2 aromatic carbocycles. The SMILES string of the molecule is Cc1sc(-c2cccc3cc[n+](C)cc23)cc1C1=C(c2cc(-c3cccc4cc[n+](C)cc34)sc2C)CCC1. The lowest BCUT2D eigenvalue weighted by Crippen LogP contribution is -2.25. The van der Waals surface area contributed by atoms with Gasteiger partial charge in [0.2, 0.25) is 0 Å². The van der Waals surface area contributed by atoms with Gasteiger partial charge in [-0.05, 0) is 78.3 Å². The monoisotopic (exact) mass is 544 g/mol. The number of hydrogen-bond donors (Lipinski definition) is 0. The van der Waals surface area contributed by atoms with Gasteiger partial charge in [0, 0.05) is 42.8 Å². The number of aromatic nitrogens is 2. The molecule has 0 aliphatic heterocycles. The van der Waals surface area contributed by atoms with Crippen molar-refractivity contribution >= 4 is 55.4 Å². The lowest BCUT2D eigenvalue weighted by atomic mass is 9.96. The molecule has 0 saturated heterocycles. The number of rotatable bonds is 4. The zero-order valence-corrected chi connectivity index (χ0v) is 24.5. The molecular weight excluding hydrogens is 513 g/mol. The van der Waals surface area contributed by atoms with Crippen LogP contribution in [0.4, 0.5) is 0 Å². The summed E-state index contributed by atoms with van der Waals surface area (Å²) >= 11 is 3.88. The summed E-state index contributed by atoms with van der Waals surface area (Å²) in [5.41, 5.74) is 8.67. The van der Waals surface area contributed by atoms with Gasteiger partial charge in [0.25, 0.3) is 0 Å². The molecule has 192 valence electrons. The predicted molar refractivity (Wildman–Crippen MR) is 167 cm³/mol. The molecule has 0 fully saturated rings. The number of benzene rings is 2. The molecule has 7 rings (SSSR count). The number of allylic oxidation sites excluding steroid dienone is 2. The molecule has 0 radical (unpaired) electrons. The van der Waals surface area contributed by atoms with Crippen LogP contribution in [0.25, 0.3) is 53.6 Å². The van der Waals surface area contributed by atoms with Crippen LogP contribution in [0.5, 0.6) is 0 Å². The predicted octanol–water partition coefficient (Wildman–Crippen LogP) is 8.81. The summed E-state index contributed by atoms with van der Waals surface area (Å²) in [6.45, 7) is 4.61. The third-order valence-electron chi connectivity index (χ3n) is 8.16. The van der Waals surface area contributed by atoms with E-state index in [0.717, 1.165) is 12.8 Å². The maximum absolute atomic E-state index is 2.47. The van der Waals surface area contributed by atoms with Gasteiger partial charge >= 0.3 is 0 Å². The molecule has 4 aromatic heterocycles. The Morgan fingerprint density at radius 1 is 0.590 bits per heavy atom. The first-order valence-electron chi connectivity index (χ1n) is 13.7. The van der Waals surface area contributed by atoms with Crippen LogP contribution in [-0.4, -0.2) is 0 Å². The van der Waals surface area contributed by atoms with E-state index in [2.05, 4.69) is 123 Å². The van der Waals surface area contributed by atoms with Crippen molar-refractivity contribution in [3.8, 4) is 20.9 Å². The topological polar surface area (TPSA) is 7.76 Å². The standard InChI is InChI=1S/C35H32N2S2/c1-22-30(18-34(38-22)28-12-5-8-24-14-16-36(3)20-32(24)28)26-10-7-11-27(26)31-19-35(39-23(31)2)29-13-6-9-25-15-17-37(4)21-33(25)29/h5-6,8-9,12-21H,7,10-11H2,1-4H3/q+2. The van der Waals surface area contributed by atoms with E-state index in [1.165, 1.54) is 69.7 Å². The molecule has 1 aliphatic rings. The van der Waals surface area contributed by atoms with Crippen molar-refractivity contribution in [3.05, 3.63) is 106 Å². The van der Waals surface area contributed by atoms with E-state index < -0.39 is 0 Å². The second kappa shape index (κ2) is 9.55. The average molecular weight is 545 g/mol. The molecule has 0 atom stereocenters. The van der Waals surface area contributed by atoms with E-state index in [0.29, 0.717) is 0 Å². The van der Waals surface area contributed by atoms with Crippen molar-refractivity contribution in [2.45, 2.75) is 33.1 Å². The van der Waals surface area contributed by atoms with Gasteiger partial charge in [-0.3, -0.25) is 0 Å². The molecule has 1 aliphatic carbocycles. The molecule has 39 heavy (non-hydrogen) atoms. The maximum atomic E-state index is 2.47. The number of aryl methyl sites for hydroxylation is 4. The van der Waals surface area contributed by atoms with E-state index >= 15 is 0 Å². The van der Waals surface area contributed by atoms with E-state index in [-0.39, 0.29) is 0 Å². The molecule has 0 amide bonds. The van der Waals surface area contributed by atoms with Crippen LogP contribution in [0.2, 0.25) is 0 Å². The van der Waals surface area contributed by atoms with Gasteiger partial charge in [0.05, 0.1) is 10.8 Å². The molecule has 0 N–H and O–H groups in total. The Labute approximate surface area is 238 Å². The quantitative estimate of drug-likeness (QED) is 0.196. The summed E-state index contributed by atoms with van der Waals surface area (Å²) in [6.07, 6.45) is 12.3. The van der Waals surface area contributed by atoms with Crippen LogP contribution in [0, 0.1) is 13.8 Å². The highest BCUT2D eigenvalue weighted by Gasteiger charge is 2.24. The fraction of sp³-hybridized carbons (Fsp3) is 0.200. The van der Waals surface area contributed by atoms with Gasteiger partial charge < -0.3 is 0 Å². The van der Waals surface area contributed by atoms with E-state index in [9.17, 15) is 0 Å². The van der Waals surface area contributed by atoms with Crippen LogP contribution >= 0.6 is 22.7 Å². The largest absolute Gasteiger partial charge is 0.207 e. The second-order valence-electron chi connectivity index (χ2n) is 10.8. The van der Waals surface area contributed by atoms with Crippen molar-refractivity contribution in [1.82, 2.24) is 0 Å². The first-order valence-corrected chi connectivity index (χ1v) is 15.3. The Morgan fingerprint density at radius 2 is 1.05 bits per heavy atom. The van der Waals surface area contributed by atoms with Crippen LogP contribution < -0.4 is 9.13 Å². The highest BCUT2D eigenvalue weighted by atomic mass is 32.1. The lowest BCUT2D eigenvalue weighted by molar-refractivity contribution is -0.670. The maximum Gasteiger partial charge on any atom is 0.177 e. The Kier molecular flexibility index (Phi) is 5.98. The van der Waals surface area contributed by atoms with Gasteiger partial charge in [-0.25, -0.2) is 9.13 Å². The highest BCUT2D eigenvalue weighted by Crippen LogP contribution is 2.48.